The number of hydrogen-bond acceptors (Lipinski definition) is 7. The summed E-state index contributed by atoms with van der Waals surface area (Å²) in [5, 5.41) is 4.44. The third-order valence-corrected chi connectivity index (χ3v) is 16.7. The topological polar surface area (TPSA) is 82.9 Å². The number of nitrogens with zero attached hydrogens (tertiary/aromatic N) is 5. The minimum Gasteiger partial charge on any atom is -0.458 e. The summed E-state index contributed by atoms with van der Waals surface area (Å²) in [6.45, 7) is 0. The fourth-order valence-corrected chi connectivity index (χ4v) is 14.2. The first kappa shape index (κ1) is 36.5. The standard InChI is InChI=1S/C55H35N5O2Si/c1-5-17-36(18-6-1)42-35-43(57-52(56-42)37-19-7-2-8-20-37)40-29-31-46-50(33-40)63(48-27-15-13-25-44(48)61-46)49-28-16-14-26-45(49)62-47-32-30-41(34-51(47)63)55-59-53(38-21-9-3-10-22-38)58-54(60-55)39-23-11-4-12-24-39/h1-35H. The maximum Gasteiger partial charge on any atom is 0.196 e. The summed E-state index contributed by atoms with van der Waals surface area (Å²) in [7, 11) is -3.26. The van der Waals surface area contributed by atoms with E-state index in [4.69, 9.17) is 34.4 Å². The second-order valence-corrected chi connectivity index (χ2v) is 19.3. The lowest BCUT2D eigenvalue weighted by atomic mass is 10.1. The third-order valence-electron chi connectivity index (χ3n) is 11.9. The summed E-state index contributed by atoms with van der Waals surface area (Å²) < 4.78 is 13.8. The summed E-state index contributed by atoms with van der Waals surface area (Å²) in [4.78, 5) is 25.6. The molecule has 0 saturated carbocycles. The second-order valence-electron chi connectivity index (χ2n) is 15.6. The van der Waals surface area contributed by atoms with Crippen LogP contribution in [0.4, 0.5) is 0 Å². The highest BCUT2D eigenvalue weighted by molar-refractivity contribution is 7.21. The number of fused-ring (bicyclic) bond motifs is 8. The lowest BCUT2D eigenvalue weighted by molar-refractivity contribution is 0.482. The highest BCUT2D eigenvalue weighted by atomic mass is 28.3. The van der Waals surface area contributed by atoms with Gasteiger partial charge in [0.15, 0.2) is 31.4 Å². The van der Waals surface area contributed by atoms with Crippen LogP contribution in [0.3, 0.4) is 0 Å². The SMILES string of the molecule is c1ccc(-c2cc(-c3ccc4c(c3)[Si]3(c5ccccc5O4)c4ccccc4Oc4ccc(-c5nc(-c6ccccc6)nc(-c6ccccc6)n5)cc43)nc(-c3ccccc3)n2)cc1. The van der Waals surface area contributed by atoms with Crippen molar-refractivity contribution < 1.29 is 9.47 Å². The monoisotopic (exact) mass is 825 g/mol. The Balaban J connectivity index is 1.11. The smallest absolute Gasteiger partial charge is 0.196 e. The first-order valence-corrected chi connectivity index (χ1v) is 22.9. The minimum absolute atomic E-state index is 0.575. The van der Waals surface area contributed by atoms with Crippen LogP contribution in [0.15, 0.2) is 212 Å². The molecule has 0 aliphatic carbocycles. The molecule has 1 unspecified atom stereocenters. The summed E-state index contributed by atoms with van der Waals surface area (Å²) in [6, 6.07) is 72.5. The van der Waals surface area contributed by atoms with Crippen molar-refractivity contribution in [2.75, 3.05) is 0 Å². The Labute approximate surface area is 365 Å². The Morgan fingerprint density at radius 3 is 1.10 bits per heavy atom. The largest absolute Gasteiger partial charge is 0.458 e. The zero-order valence-corrected chi connectivity index (χ0v) is 34.8. The van der Waals surface area contributed by atoms with Crippen LogP contribution in [0.25, 0.3) is 68.1 Å². The number of aromatic nitrogens is 5. The fraction of sp³-hybridized carbons (Fsp3) is 0. The van der Waals surface area contributed by atoms with Crippen LogP contribution < -0.4 is 30.2 Å². The van der Waals surface area contributed by atoms with E-state index in [0.29, 0.717) is 23.3 Å². The summed E-state index contributed by atoms with van der Waals surface area (Å²) in [5.41, 5.74) is 7.26. The lowest BCUT2D eigenvalue weighted by Crippen LogP contribution is -2.77. The van der Waals surface area contributed by atoms with Crippen LogP contribution in [-0.2, 0) is 0 Å². The molecule has 0 radical (unpaired) electrons. The average Bonchev–Trinajstić information content (AvgIpc) is 3.37. The maximum absolute atomic E-state index is 6.88. The molecule has 2 aliphatic rings. The predicted octanol–water partition coefficient (Wildman–Crippen LogP) is 10.3. The third kappa shape index (κ3) is 6.23. The second kappa shape index (κ2) is 15.0. The van der Waals surface area contributed by atoms with E-state index < -0.39 is 8.07 Å². The molecular weight excluding hydrogens is 791 g/mol. The van der Waals surface area contributed by atoms with Gasteiger partial charge in [-0.3, -0.25) is 0 Å². The van der Waals surface area contributed by atoms with E-state index in [0.717, 1.165) is 88.5 Å². The molecule has 2 aliphatic heterocycles. The zero-order valence-electron chi connectivity index (χ0n) is 33.8. The Morgan fingerprint density at radius 1 is 0.254 bits per heavy atom. The summed E-state index contributed by atoms with van der Waals surface area (Å²) in [6.07, 6.45) is 0. The molecule has 2 aromatic heterocycles. The van der Waals surface area contributed by atoms with E-state index in [1.54, 1.807) is 0 Å². The molecule has 0 fully saturated rings. The molecular formula is C55H35N5O2Si. The number of rotatable bonds is 6. The summed E-state index contributed by atoms with van der Waals surface area (Å²) in [5.74, 6) is 5.69. The number of benzene rings is 8. The van der Waals surface area contributed by atoms with Gasteiger partial charge >= 0.3 is 0 Å². The average molecular weight is 826 g/mol. The molecule has 7 nitrogen and oxygen atoms in total. The van der Waals surface area contributed by atoms with Crippen LogP contribution in [-0.4, -0.2) is 33.0 Å². The van der Waals surface area contributed by atoms with Gasteiger partial charge in [-0.1, -0.05) is 158 Å². The van der Waals surface area contributed by atoms with Gasteiger partial charge in [0.1, 0.15) is 23.0 Å². The molecule has 1 spiro atoms. The van der Waals surface area contributed by atoms with Crippen LogP contribution in [0.5, 0.6) is 23.0 Å². The number of ether oxygens (including phenoxy) is 2. The van der Waals surface area contributed by atoms with E-state index >= 15 is 0 Å². The van der Waals surface area contributed by atoms with E-state index in [9.17, 15) is 0 Å². The fourth-order valence-electron chi connectivity index (χ4n) is 8.97. The van der Waals surface area contributed by atoms with Gasteiger partial charge in [0.05, 0.1) is 11.4 Å². The molecule has 0 amide bonds. The minimum atomic E-state index is -3.26. The van der Waals surface area contributed by atoms with Crippen molar-refractivity contribution in [2.45, 2.75) is 0 Å². The maximum atomic E-state index is 6.88. The van der Waals surface area contributed by atoms with Crippen LogP contribution >= 0.6 is 0 Å². The Kier molecular flexibility index (Phi) is 8.69. The molecule has 4 heterocycles. The van der Waals surface area contributed by atoms with Crippen LogP contribution in [0.2, 0.25) is 0 Å². The highest BCUT2D eigenvalue weighted by Crippen LogP contribution is 2.39. The van der Waals surface area contributed by atoms with Crippen molar-refractivity contribution >= 4 is 28.8 Å². The van der Waals surface area contributed by atoms with Crippen molar-refractivity contribution in [2.24, 2.45) is 0 Å². The molecule has 1 atom stereocenters. The van der Waals surface area contributed by atoms with Gasteiger partial charge in [-0.05, 0) is 75.3 Å². The Morgan fingerprint density at radius 2 is 0.603 bits per heavy atom. The first-order valence-electron chi connectivity index (χ1n) is 20.9. The highest BCUT2D eigenvalue weighted by Gasteiger charge is 2.53. The summed E-state index contributed by atoms with van der Waals surface area (Å²) >= 11 is 0. The van der Waals surface area contributed by atoms with Gasteiger partial charge in [0.2, 0.25) is 0 Å². The van der Waals surface area contributed by atoms with Gasteiger partial charge in [-0.15, -0.1) is 0 Å². The van der Waals surface area contributed by atoms with Crippen molar-refractivity contribution in [3.05, 3.63) is 212 Å². The normalized spacial score (nSPS) is 14.3. The number of hydrogen-bond donors (Lipinski definition) is 0. The molecule has 0 bridgehead atoms. The molecule has 12 rings (SSSR count). The molecule has 0 saturated heterocycles. The Bertz CT molecular complexity index is 3010. The van der Waals surface area contributed by atoms with Crippen molar-refractivity contribution in [1.82, 2.24) is 24.9 Å². The van der Waals surface area contributed by atoms with Gasteiger partial charge in [0, 0.05) is 33.4 Å². The zero-order chi connectivity index (χ0) is 41.7. The van der Waals surface area contributed by atoms with Crippen molar-refractivity contribution in [1.29, 1.82) is 0 Å². The van der Waals surface area contributed by atoms with E-state index in [1.807, 2.05) is 109 Å². The van der Waals surface area contributed by atoms with E-state index in [1.165, 1.54) is 0 Å². The lowest BCUT2D eigenvalue weighted by Gasteiger charge is -2.43. The molecule has 10 aromatic rings. The van der Waals surface area contributed by atoms with Crippen LogP contribution in [0, 0.1) is 0 Å². The van der Waals surface area contributed by atoms with Crippen molar-refractivity contribution in [3.8, 4) is 91.1 Å². The van der Waals surface area contributed by atoms with Gasteiger partial charge < -0.3 is 9.47 Å². The molecule has 63 heavy (non-hydrogen) atoms. The van der Waals surface area contributed by atoms with Gasteiger partial charge in [-0.2, -0.15) is 0 Å². The molecule has 8 heteroatoms. The first-order chi connectivity index (χ1) is 31.2. The molecule has 8 aromatic carbocycles. The van der Waals surface area contributed by atoms with E-state index in [-0.39, 0.29) is 0 Å². The van der Waals surface area contributed by atoms with E-state index in [2.05, 4.69) is 103 Å². The molecule has 296 valence electrons. The predicted molar refractivity (Wildman–Crippen MR) is 252 cm³/mol. The number of para-hydroxylation sites is 2. The Hall–Kier alpha value is -8.33. The van der Waals surface area contributed by atoms with Crippen molar-refractivity contribution in [3.63, 3.8) is 0 Å². The van der Waals surface area contributed by atoms with Gasteiger partial charge in [-0.25, -0.2) is 24.9 Å². The quantitative estimate of drug-likeness (QED) is 0.154. The van der Waals surface area contributed by atoms with Crippen LogP contribution in [0.1, 0.15) is 0 Å². The van der Waals surface area contributed by atoms with Gasteiger partial charge in [0.25, 0.3) is 0 Å². The molecule has 0 N–H and O–H groups in total.